The Labute approximate surface area is 152 Å². The summed E-state index contributed by atoms with van der Waals surface area (Å²) in [7, 11) is 2.86. The zero-order valence-electron chi connectivity index (χ0n) is 15.1. The molecular formula is C19H23NO6. The fourth-order valence-corrected chi connectivity index (χ4v) is 2.74. The van der Waals surface area contributed by atoms with Crippen molar-refractivity contribution in [3.63, 3.8) is 0 Å². The Balaban J connectivity index is 2.43. The number of hydrogen-bond acceptors (Lipinski definition) is 6. The lowest BCUT2D eigenvalue weighted by Crippen LogP contribution is -2.24. The molecule has 0 aliphatic rings. The van der Waals surface area contributed by atoms with Crippen LogP contribution in [0.4, 0.5) is 0 Å². The second-order valence-electron chi connectivity index (χ2n) is 5.57. The maximum absolute atomic E-state index is 12.3. The number of esters is 2. The van der Waals surface area contributed by atoms with Crippen LogP contribution in [0.3, 0.4) is 0 Å². The zero-order valence-corrected chi connectivity index (χ0v) is 15.1. The fraction of sp³-hybridized carbons (Fsp3) is 0.368. The molecule has 0 saturated heterocycles. The lowest BCUT2D eigenvalue weighted by molar-refractivity contribution is -0.146. The van der Waals surface area contributed by atoms with Crippen molar-refractivity contribution >= 4 is 11.9 Å². The molecule has 0 aliphatic heterocycles. The smallest absolute Gasteiger partial charge is 0.339 e. The van der Waals surface area contributed by atoms with Gasteiger partial charge in [-0.3, -0.25) is 4.79 Å². The van der Waals surface area contributed by atoms with Gasteiger partial charge < -0.3 is 23.9 Å². The molecule has 0 amide bonds. The summed E-state index contributed by atoms with van der Waals surface area (Å²) in [5, 5.41) is 9.75. The highest BCUT2D eigenvalue weighted by Crippen LogP contribution is 2.25. The number of ether oxygens (including phenoxy) is 3. The Hall–Kier alpha value is -2.80. The number of methoxy groups -OCH3 is 2. The number of benzene rings is 1. The van der Waals surface area contributed by atoms with Gasteiger partial charge in [-0.1, -0.05) is 12.1 Å². The minimum absolute atomic E-state index is 0.183. The van der Waals surface area contributed by atoms with Gasteiger partial charge in [-0.2, -0.15) is 0 Å². The van der Waals surface area contributed by atoms with Gasteiger partial charge in [0.15, 0.2) is 0 Å². The van der Waals surface area contributed by atoms with E-state index in [-0.39, 0.29) is 12.2 Å². The number of rotatable bonds is 8. The second-order valence-corrected chi connectivity index (χ2v) is 5.57. The van der Waals surface area contributed by atoms with Crippen molar-refractivity contribution in [3.05, 3.63) is 53.3 Å². The van der Waals surface area contributed by atoms with Crippen molar-refractivity contribution < 1.29 is 28.9 Å². The van der Waals surface area contributed by atoms with Crippen molar-refractivity contribution in [1.82, 2.24) is 4.57 Å². The third kappa shape index (κ3) is 4.23. The van der Waals surface area contributed by atoms with Crippen molar-refractivity contribution in [2.24, 2.45) is 0 Å². The van der Waals surface area contributed by atoms with Gasteiger partial charge in [0.05, 0.1) is 33.0 Å². The molecule has 1 unspecified atom stereocenters. The standard InChI is InChI=1S/C19H23NO6/c1-4-26-19(23)16(12-21)17-15(18(22)25-3)9-10-20(17)11-13-5-7-14(24-2)8-6-13/h5-10,16,21H,4,11-12H2,1-3H3. The molecule has 1 heterocycles. The molecule has 7 nitrogen and oxygen atoms in total. The molecule has 1 aromatic heterocycles. The molecule has 0 aliphatic carbocycles. The predicted octanol–water partition coefficient (Wildman–Crippen LogP) is 1.97. The molecule has 0 bridgehead atoms. The Morgan fingerprint density at radius 3 is 2.38 bits per heavy atom. The van der Waals surface area contributed by atoms with Gasteiger partial charge in [-0.05, 0) is 30.7 Å². The molecule has 140 valence electrons. The first kappa shape index (κ1) is 19.5. The predicted molar refractivity (Wildman–Crippen MR) is 94.3 cm³/mol. The molecule has 1 N–H and O–H groups in total. The molecule has 0 radical (unpaired) electrons. The number of carbonyl (C=O) groups is 2. The number of aliphatic hydroxyl groups excluding tert-OH is 1. The van der Waals surface area contributed by atoms with E-state index in [1.165, 1.54) is 7.11 Å². The zero-order chi connectivity index (χ0) is 19.1. The number of aromatic nitrogens is 1. The van der Waals surface area contributed by atoms with E-state index < -0.39 is 24.5 Å². The van der Waals surface area contributed by atoms with Crippen molar-refractivity contribution in [2.75, 3.05) is 27.4 Å². The fourth-order valence-electron chi connectivity index (χ4n) is 2.74. The first-order chi connectivity index (χ1) is 12.5. The van der Waals surface area contributed by atoms with Gasteiger partial charge in [0.2, 0.25) is 0 Å². The van der Waals surface area contributed by atoms with Crippen LogP contribution in [0, 0.1) is 0 Å². The van der Waals surface area contributed by atoms with Crippen molar-refractivity contribution in [3.8, 4) is 5.75 Å². The number of hydrogen-bond donors (Lipinski definition) is 1. The first-order valence-corrected chi connectivity index (χ1v) is 8.23. The quantitative estimate of drug-likeness (QED) is 0.724. The summed E-state index contributed by atoms with van der Waals surface area (Å²) in [6.45, 7) is 1.80. The molecule has 0 fully saturated rings. The summed E-state index contributed by atoms with van der Waals surface area (Å²) in [6, 6.07) is 9.01. The maximum Gasteiger partial charge on any atom is 0.339 e. The monoisotopic (exact) mass is 361 g/mol. The van der Waals surface area contributed by atoms with Crippen LogP contribution in [-0.2, 0) is 20.8 Å². The van der Waals surface area contributed by atoms with Crippen LogP contribution < -0.4 is 4.74 Å². The highest BCUT2D eigenvalue weighted by molar-refractivity contribution is 5.93. The summed E-state index contributed by atoms with van der Waals surface area (Å²) >= 11 is 0. The molecule has 1 aromatic carbocycles. The van der Waals surface area contributed by atoms with Crippen LogP contribution in [0.5, 0.6) is 5.75 Å². The summed E-state index contributed by atoms with van der Waals surface area (Å²) in [6.07, 6.45) is 1.69. The van der Waals surface area contributed by atoms with Gasteiger partial charge >= 0.3 is 11.9 Å². The van der Waals surface area contributed by atoms with Gasteiger partial charge in [-0.25, -0.2) is 4.79 Å². The molecule has 26 heavy (non-hydrogen) atoms. The van der Waals surface area contributed by atoms with Crippen LogP contribution in [0.25, 0.3) is 0 Å². The van der Waals surface area contributed by atoms with E-state index in [9.17, 15) is 14.7 Å². The van der Waals surface area contributed by atoms with Crippen LogP contribution in [0.1, 0.15) is 34.5 Å². The van der Waals surface area contributed by atoms with Crippen LogP contribution in [0.2, 0.25) is 0 Å². The average Bonchev–Trinajstić information content (AvgIpc) is 3.06. The Morgan fingerprint density at radius 2 is 1.85 bits per heavy atom. The van der Waals surface area contributed by atoms with E-state index in [1.807, 2.05) is 24.3 Å². The number of aliphatic hydroxyl groups is 1. The van der Waals surface area contributed by atoms with E-state index in [0.717, 1.165) is 11.3 Å². The largest absolute Gasteiger partial charge is 0.497 e. The maximum atomic E-state index is 12.3. The lowest BCUT2D eigenvalue weighted by Gasteiger charge is -2.18. The van der Waals surface area contributed by atoms with Crippen LogP contribution in [0.15, 0.2) is 36.5 Å². The molecular weight excluding hydrogens is 338 g/mol. The third-order valence-corrected chi connectivity index (χ3v) is 4.01. The summed E-state index contributed by atoms with van der Waals surface area (Å²) < 4.78 is 16.7. The van der Waals surface area contributed by atoms with E-state index in [1.54, 1.807) is 30.9 Å². The average molecular weight is 361 g/mol. The SMILES string of the molecule is CCOC(=O)C(CO)c1c(C(=O)OC)ccn1Cc1ccc(OC)cc1. The van der Waals surface area contributed by atoms with E-state index in [2.05, 4.69) is 0 Å². The second kappa shape index (κ2) is 9.05. The normalized spacial score (nSPS) is 11.7. The Morgan fingerprint density at radius 1 is 1.15 bits per heavy atom. The molecule has 2 aromatic rings. The molecule has 0 spiro atoms. The molecule has 7 heteroatoms. The first-order valence-electron chi connectivity index (χ1n) is 8.23. The lowest BCUT2D eigenvalue weighted by atomic mass is 10.0. The van der Waals surface area contributed by atoms with E-state index >= 15 is 0 Å². The van der Waals surface area contributed by atoms with Gasteiger partial charge in [0.1, 0.15) is 11.7 Å². The van der Waals surface area contributed by atoms with Crippen molar-refractivity contribution in [1.29, 1.82) is 0 Å². The topological polar surface area (TPSA) is 87.0 Å². The van der Waals surface area contributed by atoms with E-state index in [0.29, 0.717) is 12.2 Å². The van der Waals surface area contributed by atoms with Gasteiger partial charge in [0.25, 0.3) is 0 Å². The van der Waals surface area contributed by atoms with Gasteiger partial charge in [-0.15, -0.1) is 0 Å². The minimum Gasteiger partial charge on any atom is -0.497 e. The summed E-state index contributed by atoms with van der Waals surface area (Å²) in [4.78, 5) is 24.4. The van der Waals surface area contributed by atoms with Crippen molar-refractivity contribution in [2.45, 2.75) is 19.4 Å². The molecule has 0 saturated carbocycles. The number of nitrogens with zero attached hydrogens (tertiary/aromatic N) is 1. The summed E-state index contributed by atoms with van der Waals surface area (Å²) in [5.74, 6) is -1.40. The minimum atomic E-state index is -0.975. The third-order valence-electron chi connectivity index (χ3n) is 4.01. The number of carbonyl (C=O) groups excluding carboxylic acids is 2. The van der Waals surface area contributed by atoms with Crippen LogP contribution in [-0.4, -0.2) is 49.0 Å². The van der Waals surface area contributed by atoms with Crippen LogP contribution >= 0.6 is 0 Å². The van der Waals surface area contributed by atoms with E-state index in [4.69, 9.17) is 14.2 Å². The summed E-state index contributed by atoms with van der Waals surface area (Å²) in [5.41, 5.74) is 1.54. The molecule has 2 rings (SSSR count). The highest BCUT2D eigenvalue weighted by Gasteiger charge is 2.30. The Kier molecular flexibility index (Phi) is 6.80. The molecule has 1 atom stereocenters. The Bertz CT molecular complexity index is 750. The highest BCUT2D eigenvalue weighted by atomic mass is 16.5. The van der Waals surface area contributed by atoms with Gasteiger partial charge in [0, 0.05) is 18.4 Å².